The molecule has 3 amide bonds. The second-order valence-corrected chi connectivity index (χ2v) is 5.05. The van der Waals surface area contributed by atoms with Crippen LogP contribution in [0.4, 0.5) is 21.9 Å². The molecule has 2 aromatic rings. The van der Waals surface area contributed by atoms with Crippen LogP contribution in [0, 0.1) is 6.92 Å². The molecule has 3 rings (SSSR count). The number of hydrogen-bond donors (Lipinski definition) is 3. The first-order valence-corrected chi connectivity index (χ1v) is 6.67. The second kappa shape index (κ2) is 5.28. The molecule has 1 heterocycles. The third-order valence-electron chi connectivity index (χ3n) is 3.27. The minimum Gasteiger partial charge on any atom is -0.325 e. The van der Waals surface area contributed by atoms with E-state index in [1.54, 1.807) is 12.1 Å². The molecule has 0 saturated carbocycles. The summed E-state index contributed by atoms with van der Waals surface area (Å²) in [6.45, 7) is 1.96. The Kier molecular flexibility index (Phi) is 3.31. The zero-order chi connectivity index (χ0) is 14.8. The highest BCUT2D eigenvalue weighted by molar-refractivity contribution is 6.02. The van der Waals surface area contributed by atoms with Gasteiger partial charge in [-0.2, -0.15) is 0 Å². The van der Waals surface area contributed by atoms with Crippen LogP contribution in [0.1, 0.15) is 11.1 Å². The zero-order valence-electron chi connectivity index (χ0n) is 11.6. The zero-order valence-corrected chi connectivity index (χ0v) is 11.6. The molecule has 0 aliphatic carbocycles. The van der Waals surface area contributed by atoms with Crippen molar-refractivity contribution < 1.29 is 9.59 Å². The molecule has 5 nitrogen and oxygen atoms in total. The van der Waals surface area contributed by atoms with Crippen LogP contribution in [-0.2, 0) is 11.2 Å². The van der Waals surface area contributed by atoms with E-state index < -0.39 is 0 Å². The van der Waals surface area contributed by atoms with Gasteiger partial charge in [-0.25, -0.2) is 4.79 Å². The van der Waals surface area contributed by atoms with E-state index in [9.17, 15) is 9.59 Å². The molecule has 0 spiro atoms. The molecule has 1 aliphatic rings. The van der Waals surface area contributed by atoms with E-state index in [0.717, 1.165) is 22.5 Å². The number of hydrogen-bond acceptors (Lipinski definition) is 2. The first-order chi connectivity index (χ1) is 10.1. The van der Waals surface area contributed by atoms with Crippen molar-refractivity contribution in [2.24, 2.45) is 0 Å². The third-order valence-corrected chi connectivity index (χ3v) is 3.27. The average Bonchev–Trinajstić information content (AvgIpc) is 2.78. The minimum atomic E-state index is -0.315. The quantitative estimate of drug-likeness (QED) is 0.791. The number of nitrogens with one attached hydrogen (secondary N) is 3. The van der Waals surface area contributed by atoms with Crippen LogP contribution in [0.3, 0.4) is 0 Å². The first-order valence-electron chi connectivity index (χ1n) is 6.67. The first kappa shape index (κ1) is 13.2. The Morgan fingerprint density at radius 1 is 1.10 bits per heavy atom. The SMILES string of the molecule is Cc1cccc(NC(=O)Nc2ccc3c(c2)NC(=O)C3)c1. The summed E-state index contributed by atoms with van der Waals surface area (Å²) in [4.78, 5) is 23.2. The molecule has 106 valence electrons. The molecule has 0 unspecified atom stereocenters. The van der Waals surface area contributed by atoms with Crippen molar-refractivity contribution in [3.63, 3.8) is 0 Å². The van der Waals surface area contributed by atoms with Crippen LogP contribution in [0.25, 0.3) is 0 Å². The van der Waals surface area contributed by atoms with E-state index in [2.05, 4.69) is 16.0 Å². The van der Waals surface area contributed by atoms with Crippen LogP contribution in [0.2, 0.25) is 0 Å². The van der Waals surface area contributed by atoms with Crippen molar-refractivity contribution in [3.05, 3.63) is 53.6 Å². The fraction of sp³-hybridized carbons (Fsp3) is 0.125. The van der Waals surface area contributed by atoms with E-state index >= 15 is 0 Å². The van der Waals surface area contributed by atoms with Gasteiger partial charge in [-0.15, -0.1) is 0 Å². The van der Waals surface area contributed by atoms with Crippen molar-refractivity contribution in [2.75, 3.05) is 16.0 Å². The van der Waals surface area contributed by atoms with Gasteiger partial charge in [-0.3, -0.25) is 4.79 Å². The number of anilines is 3. The molecule has 0 radical (unpaired) electrons. The van der Waals surface area contributed by atoms with Gasteiger partial charge in [0.2, 0.25) is 5.91 Å². The van der Waals surface area contributed by atoms with Gasteiger partial charge in [0.15, 0.2) is 0 Å². The Morgan fingerprint density at radius 2 is 1.86 bits per heavy atom. The highest BCUT2D eigenvalue weighted by atomic mass is 16.2. The number of urea groups is 1. The van der Waals surface area contributed by atoms with Gasteiger partial charge < -0.3 is 16.0 Å². The Bertz CT molecular complexity index is 725. The van der Waals surface area contributed by atoms with Gasteiger partial charge in [0.25, 0.3) is 0 Å². The van der Waals surface area contributed by atoms with E-state index in [4.69, 9.17) is 0 Å². The molecule has 0 saturated heterocycles. The predicted octanol–water partition coefficient (Wildman–Crippen LogP) is 3.13. The van der Waals surface area contributed by atoms with Gasteiger partial charge in [-0.1, -0.05) is 18.2 Å². The predicted molar refractivity (Wildman–Crippen MR) is 82.6 cm³/mol. The summed E-state index contributed by atoms with van der Waals surface area (Å²) in [5.41, 5.74) is 4.16. The lowest BCUT2D eigenvalue weighted by Crippen LogP contribution is -2.19. The topological polar surface area (TPSA) is 70.2 Å². The third kappa shape index (κ3) is 3.02. The monoisotopic (exact) mass is 281 g/mol. The van der Waals surface area contributed by atoms with Gasteiger partial charge in [0.1, 0.15) is 0 Å². The average molecular weight is 281 g/mol. The van der Waals surface area contributed by atoms with Crippen molar-refractivity contribution in [3.8, 4) is 0 Å². The maximum absolute atomic E-state index is 11.9. The smallest absolute Gasteiger partial charge is 0.323 e. The lowest BCUT2D eigenvalue weighted by atomic mass is 10.1. The Morgan fingerprint density at radius 3 is 2.62 bits per heavy atom. The number of rotatable bonds is 2. The molecule has 21 heavy (non-hydrogen) atoms. The molecule has 0 aromatic heterocycles. The van der Waals surface area contributed by atoms with E-state index in [-0.39, 0.29) is 11.9 Å². The number of amides is 3. The molecule has 1 aliphatic heterocycles. The van der Waals surface area contributed by atoms with Gasteiger partial charge in [-0.05, 0) is 42.3 Å². The van der Waals surface area contributed by atoms with Gasteiger partial charge >= 0.3 is 6.03 Å². The molecule has 0 bridgehead atoms. The lowest BCUT2D eigenvalue weighted by molar-refractivity contribution is -0.115. The molecular formula is C16H15N3O2. The normalized spacial score (nSPS) is 12.5. The standard InChI is InChI=1S/C16H15N3O2/c1-10-3-2-4-12(7-10)17-16(21)18-13-6-5-11-8-15(20)19-14(11)9-13/h2-7,9H,8H2,1H3,(H,19,20)(H2,17,18,21). The van der Waals surface area contributed by atoms with E-state index in [1.165, 1.54) is 0 Å². The van der Waals surface area contributed by atoms with E-state index in [0.29, 0.717) is 12.1 Å². The summed E-state index contributed by atoms with van der Waals surface area (Å²) in [5.74, 6) is -0.0219. The van der Waals surface area contributed by atoms with Gasteiger partial charge in [0.05, 0.1) is 6.42 Å². The number of fused-ring (bicyclic) bond motifs is 1. The fourth-order valence-electron chi connectivity index (χ4n) is 2.31. The van der Waals surface area contributed by atoms with Crippen LogP contribution >= 0.6 is 0 Å². The number of carbonyl (C=O) groups is 2. The summed E-state index contributed by atoms with van der Waals surface area (Å²) in [6, 6.07) is 12.6. The maximum Gasteiger partial charge on any atom is 0.323 e. The van der Waals surface area contributed by atoms with Crippen LogP contribution in [0.15, 0.2) is 42.5 Å². The summed E-state index contributed by atoms with van der Waals surface area (Å²) in [5, 5.41) is 8.28. The second-order valence-electron chi connectivity index (χ2n) is 5.05. The number of aryl methyl sites for hydroxylation is 1. The molecule has 0 atom stereocenters. The molecule has 5 heteroatoms. The summed E-state index contributed by atoms with van der Waals surface area (Å²) >= 11 is 0. The van der Waals surface area contributed by atoms with Crippen LogP contribution in [0.5, 0.6) is 0 Å². The van der Waals surface area contributed by atoms with E-state index in [1.807, 2.05) is 37.3 Å². The highest BCUT2D eigenvalue weighted by Crippen LogP contribution is 2.26. The maximum atomic E-state index is 11.9. The molecular weight excluding hydrogens is 266 g/mol. The van der Waals surface area contributed by atoms with Crippen molar-refractivity contribution >= 4 is 29.0 Å². The van der Waals surface area contributed by atoms with Crippen molar-refractivity contribution in [1.29, 1.82) is 0 Å². The summed E-state index contributed by atoms with van der Waals surface area (Å²) in [7, 11) is 0. The number of carbonyl (C=O) groups excluding carboxylic acids is 2. The molecule has 3 N–H and O–H groups in total. The number of benzene rings is 2. The summed E-state index contributed by atoms with van der Waals surface area (Å²) in [6.07, 6.45) is 0.394. The van der Waals surface area contributed by atoms with Gasteiger partial charge in [0, 0.05) is 17.1 Å². The minimum absolute atomic E-state index is 0.0219. The fourth-order valence-corrected chi connectivity index (χ4v) is 2.31. The van der Waals surface area contributed by atoms with Crippen LogP contribution < -0.4 is 16.0 Å². The highest BCUT2D eigenvalue weighted by Gasteiger charge is 2.17. The summed E-state index contributed by atoms with van der Waals surface area (Å²) < 4.78 is 0. The van der Waals surface area contributed by atoms with Crippen molar-refractivity contribution in [1.82, 2.24) is 0 Å². The molecule has 2 aromatic carbocycles. The Balaban J connectivity index is 1.68. The lowest BCUT2D eigenvalue weighted by Gasteiger charge is -2.09. The largest absolute Gasteiger partial charge is 0.325 e. The van der Waals surface area contributed by atoms with Crippen molar-refractivity contribution in [2.45, 2.75) is 13.3 Å². The Hall–Kier alpha value is -2.82. The Labute approximate surface area is 122 Å². The molecule has 0 fully saturated rings. The van der Waals surface area contributed by atoms with Crippen LogP contribution in [-0.4, -0.2) is 11.9 Å².